The fourth-order valence-corrected chi connectivity index (χ4v) is 3.30. The Morgan fingerprint density at radius 2 is 1.57 bits per heavy atom. The van der Waals surface area contributed by atoms with Gasteiger partial charge in [0, 0.05) is 13.1 Å². The van der Waals surface area contributed by atoms with Crippen LogP contribution in [0.4, 0.5) is 0 Å². The van der Waals surface area contributed by atoms with E-state index in [1.807, 2.05) is 25.9 Å². The van der Waals surface area contributed by atoms with Crippen LogP contribution < -0.4 is 5.73 Å². The number of hydrogen-bond donors (Lipinski definition) is 2. The Hall–Kier alpha value is -1.71. The lowest BCUT2D eigenvalue weighted by Crippen LogP contribution is -2.42. The van der Waals surface area contributed by atoms with Gasteiger partial charge in [0.2, 0.25) is 0 Å². The molecule has 0 saturated carbocycles. The normalized spacial score (nSPS) is 16.3. The molecule has 0 saturated heterocycles. The zero-order chi connectivity index (χ0) is 23.4. The second-order valence-corrected chi connectivity index (χ2v) is 8.51. The van der Waals surface area contributed by atoms with Crippen molar-refractivity contribution in [3.8, 4) is 0 Å². The SMILES string of the molecule is CCC(C)(CC(C)(CC(C)C(=O)OCCO)C(=O)OCCN(C)C)C(=O)OCCN. The largest absolute Gasteiger partial charge is 0.464 e. The summed E-state index contributed by atoms with van der Waals surface area (Å²) in [6.07, 6.45) is 0.733. The number of carbonyl (C=O) groups is 3. The number of hydrogen-bond acceptors (Lipinski definition) is 9. The summed E-state index contributed by atoms with van der Waals surface area (Å²) in [5.41, 5.74) is 3.37. The Morgan fingerprint density at radius 3 is 2.07 bits per heavy atom. The quantitative estimate of drug-likeness (QED) is 0.287. The van der Waals surface area contributed by atoms with Gasteiger partial charge in [0.15, 0.2) is 0 Å². The van der Waals surface area contributed by atoms with E-state index in [0.29, 0.717) is 13.0 Å². The first-order valence-electron chi connectivity index (χ1n) is 10.4. The third-order valence-electron chi connectivity index (χ3n) is 5.16. The first-order chi connectivity index (χ1) is 14.0. The molecule has 9 heteroatoms. The van der Waals surface area contributed by atoms with Crippen molar-refractivity contribution in [2.75, 3.05) is 53.6 Å². The molecule has 3 unspecified atom stereocenters. The number of ether oxygens (including phenoxy) is 3. The van der Waals surface area contributed by atoms with E-state index in [2.05, 4.69) is 0 Å². The average molecular weight is 433 g/mol. The van der Waals surface area contributed by atoms with Crippen LogP contribution in [0, 0.1) is 16.7 Å². The van der Waals surface area contributed by atoms with Crippen LogP contribution in [0.2, 0.25) is 0 Å². The molecule has 9 nitrogen and oxygen atoms in total. The summed E-state index contributed by atoms with van der Waals surface area (Å²) in [5, 5.41) is 8.86. The highest BCUT2D eigenvalue weighted by atomic mass is 16.5. The zero-order valence-corrected chi connectivity index (χ0v) is 19.4. The molecule has 0 aliphatic rings. The minimum absolute atomic E-state index is 0.0995. The van der Waals surface area contributed by atoms with Crippen molar-refractivity contribution >= 4 is 17.9 Å². The van der Waals surface area contributed by atoms with Crippen LogP contribution in [0.25, 0.3) is 0 Å². The zero-order valence-electron chi connectivity index (χ0n) is 19.4. The van der Waals surface area contributed by atoms with Crippen molar-refractivity contribution in [2.24, 2.45) is 22.5 Å². The van der Waals surface area contributed by atoms with E-state index >= 15 is 0 Å². The van der Waals surface area contributed by atoms with Gasteiger partial charge in [-0.25, -0.2) is 0 Å². The van der Waals surface area contributed by atoms with Gasteiger partial charge >= 0.3 is 17.9 Å². The lowest BCUT2D eigenvalue weighted by atomic mass is 9.68. The fraction of sp³-hybridized carbons (Fsp3) is 0.857. The number of nitrogens with two attached hydrogens (primary N) is 1. The summed E-state index contributed by atoms with van der Waals surface area (Å²) in [6, 6.07) is 0. The number of likely N-dealkylation sites (N-methyl/N-ethyl adjacent to an activating group) is 1. The third kappa shape index (κ3) is 9.40. The monoisotopic (exact) mass is 432 g/mol. The maximum Gasteiger partial charge on any atom is 0.311 e. The highest BCUT2D eigenvalue weighted by Crippen LogP contribution is 2.42. The van der Waals surface area contributed by atoms with Gasteiger partial charge in [-0.3, -0.25) is 14.4 Å². The molecular formula is C21H40N2O7. The number of aliphatic hydroxyl groups is 1. The Labute approximate surface area is 180 Å². The van der Waals surface area contributed by atoms with E-state index in [4.69, 9.17) is 25.1 Å². The minimum Gasteiger partial charge on any atom is -0.464 e. The first kappa shape index (κ1) is 28.3. The molecule has 0 radical (unpaired) electrons. The van der Waals surface area contributed by atoms with Crippen LogP contribution in [0.15, 0.2) is 0 Å². The van der Waals surface area contributed by atoms with Crippen molar-refractivity contribution in [3.63, 3.8) is 0 Å². The van der Waals surface area contributed by atoms with Gasteiger partial charge in [-0.15, -0.1) is 0 Å². The molecule has 3 atom stereocenters. The second kappa shape index (κ2) is 13.6. The number of nitrogens with zero attached hydrogens (tertiary/aromatic N) is 1. The molecule has 0 aliphatic carbocycles. The summed E-state index contributed by atoms with van der Waals surface area (Å²) in [5.74, 6) is -2.04. The van der Waals surface area contributed by atoms with Gasteiger partial charge in [0.05, 0.1) is 23.4 Å². The predicted octanol–water partition coefficient (Wildman–Crippen LogP) is 0.968. The molecule has 0 bridgehead atoms. The maximum absolute atomic E-state index is 13.0. The van der Waals surface area contributed by atoms with Crippen LogP contribution in [0.1, 0.15) is 47.0 Å². The van der Waals surface area contributed by atoms with E-state index in [1.54, 1.807) is 20.8 Å². The molecule has 3 N–H and O–H groups in total. The fourth-order valence-electron chi connectivity index (χ4n) is 3.30. The van der Waals surface area contributed by atoms with Crippen LogP contribution in [0.3, 0.4) is 0 Å². The van der Waals surface area contributed by atoms with Crippen LogP contribution in [0.5, 0.6) is 0 Å². The van der Waals surface area contributed by atoms with E-state index in [-0.39, 0.29) is 45.8 Å². The minimum atomic E-state index is -1.11. The maximum atomic E-state index is 13.0. The molecule has 0 amide bonds. The molecule has 0 aromatic heterocycles. The Balaban J connectivity index is 5.59. The number of esters is 3. The van der Waals surface area contributed by atoms with E-state index in [1.165, 1.54) is 0 Å². The Bertz CT molecular complexity index is 555. The van der Waals surface area contributed by atoms with Gasteiger partial charge in [0.25, 0.3) is 0 Å². The molecule has 0 spiro atoms. The molecule has 0 aliphatic heterocycles. The predicted molar refractivity (Wildman–Crippen MR) is 112 cm³/mol. The highest BCUT2D eigenvalue weighted by molar-refractivity contribution is 5.81. The molecule has 0 aromatic carbocycles. The first-order valence-corrected chi connectivity index (χ1v) is 10.4. The van der Waals surface area contributed by atoms with E-state index in [9.17, 15) is 14.4 Å². The molecule has 30 heavy (non-hydrogen) atoms. The number of carbonyl (C=O) groups excluding carboxylic acids is 3. The molecule has 0 fully saturated rings. The summed E-state index contributed by atoms with van der Waals surface area (Å²) < 4.78 is 15.7. The van der Waals surface area contributed by atoms with Gasteiger partial charge in [-0.2, -0.15) is 0 Å². The van der Waals surface area contributed by atoms with Crippen molar-refractivity contribution in [2.45, 2.75) is 47.0 Å². The summed E-state index contributed by atoms with van der Waals surface area (Å²) in [6.45, 7) is 7.63. The Kier molecular flexibility index (Phi) is 12.8. The standard InChI is InChI=1S/C21H40N2O7/c1-7-20(3,18(26)29-11-8-22)15-21(4,19(27)30-12-9-23(5)6)14-16(2)17(25)28-13-10-24/h16,24H,7-15,22H2,1-6H3. The summed E-state index contributed by atoms with van der Waals surface area (Å²) in [7, 11) is 3.74. The van der Waals surface area contributed by atoms with Crippen molar-refractivity contribution in [1.82, 2.24) is 4.90 Å². The van der Waals surface area contributed by atoms with E-state index in [0.717, 1.165) is 0 Å². The molecule has 0 aromatic rings. The van der Waals surface area contributed by atoms with E-state index < -0.39 is 34.7 Å². The Morgan fingerprint density at radius 1 is 1.00 bits per heavy atom. The van der Waals surface area contributed by atoms with Gasteiger partial charge in [-0.1, -0.05) is 13.8 Å². The van der Waals surface area contributed by atoms with Gasteiger partial charge in [-0.05, 0) is 47.2 Å². The molecule has 0 rings (SSSR count). The van der Waals surface area contributed by atoms with Gasteiger partial charge in [0.1, 0.15) is 19.8 Å². The molecule has 0 heterocycles. The number of aliphatic hydroxyl groups excluding tert-OH is 1. The smallest absolute Gasteiger partial charge is 0.311 e. The lowest BCUT2D eigenvalue weighted by molar-refractivity contribution is -0.166. The average Bonchev–Trinajstić information content (AvgIpc) is 2.69. The topological polar surface area (TPSA) is 128 Å². The lowest BCUT2D eigenvalue weighted by Gasteiger charge is -2.37. The summed E-state index contributed by atoms with van der Waals surface area (Å²) >= 11 is 0. The summed E-state index contributed by atoms with van der Waals surface area (Å²) in [4.78, 5) is 39.8. The highest BCUT2D eigenvalue weighted by Gasteiger charge is 2.47. The van der Waals surface area contributed by atoms with Crippen molar-refractivity contribution in [3.05, 3.63) is 0 Å². The second-order valence-electron chi connectivity index (χ2n) is 8.51. The molecule has 176 valence electrons. The van der Waals surface area contributed by atoms with Crippen molar-refractivity contribution in [1.29, 1.82) is 0 Å². The molecular weight excluding hydrogens is 392 g/mol. The van der Waals surface area contributed by atoms with Crippen molar-refractivity contribution < 1.29 is 33.7 Å². The van der Waals surface area contributed by atoms with Crippen LogP contribution in [-0.4, -0.2) is 81.5 Å². The third-order valence-corrected chi connectivity index (χ3v) is 5.16. The van der Waals surface area contributed by atoms with Crippen LogP contribution >= 0.6 is 0 Å². The van der Waals surface area contributed by atoms with Gasteiger partial charge < -0.3 is 30.0 Å². The number of rotatable bonds is 15. The van der Waals surface area contributed by atoms with Crippen LogP contribution in [-0.2, 0) is 28.6 Å².